The van der Waals surface area contributed by atoms with Gasteiger partial charge in [-0.1, -0.05) is 36.4 Å². The zero-order valence-corrected chi connectivity index (χ0v) is 14.2. The van der Waals surface area contributed by atoms with Crippen LogP contribution < -0.4 is 5.76 Å². The summed E-state index contributed by atoms with van der Waals surface area (Å²) in [5.41, 5.74) is 4.64. The zero-order valence-electron chi connectivity index (χ0n) is 14.2. The Morgan fingerprint density at radius 3 is 2.20 bits per heavy atom. The molecule has 4 nitrogen and oxygen atoms in total. The minimum Gasteiger partial charge on any atom is -0.408 e. The van der Waals surface area contributed by atoms with Crippen LogP contribution >= 0.6 is 0 Å². The summed E-state index contributed by atoms with van der Waals surface area (Å²) in [5.74, 6) is -0.215. The topological polar surface area (TPSA) is 38.4 Å². The Labute approximate surface area is 146 Å². The predicted molar refractivity (Wildman–Crippen MR) is 98.0 cm³/mol. The third-order valence-corrected chi connectivity index (χ3v) is 5.93. The molecule has 5 rings (SSSR count). The van der Waals surface area contributed by atoms with Gasteiger partial charge in [0.15, 0.2) is 5.58 Å². The maximum Gasteiger partial charge on any atom is 0.420 e. The lowest BCUT2D eigenvalue weighted by molar-refractivity contribution is 0.137. The molecule has 2 aromatic carbocycles. The van der Waals surface area contributed by atoms with Gasteiger partial charge in [0.1, 0.15) is 0 Å². The molecule has 0 amide bonds. The molecule has 1 saturated heterocycles. The maximum absolute atomic E-state index is 12.3. The van der Waals surface area contributed by atoms with Crippen LogP contribution in [0.15, 0.2) is 57.7 Å². The van der Waals surface area contributed by atoms with Gasteiger partial charge in [-0.05, 0) is 48.9 Å². The number of likely N-dealkylation sites (tertiary alicyclic amines) is 1. The smallest absolute Gasteiger partial charge is 0.408 e. The normalized spacial score (nSPS) is 19.5. The van der Waals surface area contributed by atoms with E-state index in [2.05, 4.69) is 29.2 Å². The molecule has 0 bridgehead atoms. The first-order chi connectivity index (χ1) is 12.3. The minimum atomic E-state index is -0.215. The summed E-state index contributed by atoms with van der Waals surface area (Å²) in [4.78, 5) is 14.9. The molecule has 3 aromatic rings. The molecule has 1 aliphatic carbocycles. The fraction of sp³-hybridized carbons (Fsp3) is 0.381. The average Bonchev–Trinajstić information content (AvgIpc) is 3.22. The Bertz CT molecular complexity index is 938. The lowest BCUT2D eigenvalue weighted by Gasteiger charge is -2.36. The summed E-state index contributed by atoms with van der Waals surface area (Å²) in [6.07, 6.45) is 4.34. The van der Waals surface area contributed by atoms with E-state index in [-0.39, 0.29) is 11.8 Å². The van der Waals surface area contributed by atoms with E-state index in [0.29, 0.717) is 11.6 Å². The van der Waals surface area contributed by atoms with Gasteiger partial charge in [0.25, 0.3) is 0 Å². The standard InChI is InChI=1S/C21H22N2O2/c24-21-23(19-7-3-4-8-20(19)25-21)17-9-11-22(12-10-17)18-13-15-5-1-2-6-16(15)14-18/h1-8,17-18H,9-14H2. The van der Waals surface area contributed by atoms with Crippen molar-refractivity contribution in [2.45, 2.75) is 37.8 Å². The first kappa shape index (κ1) is 15.0. The van der Waals surface area contributed by atoms with Crippen molar-refractivity contribution in [3.8, 4) is 0 Å². The van der Waals surface area contributed by atoms with Crippen LogP contribution in [0.1, 0.15) is 30.0 Å². The van der Waals surface area contributed by atoms with E-state index in [1.807, 2.05) is 28.8 Å². The van der Waals surface area contributed by atoms with Gasteiger partial charge >= 0.3 is 5.76 Å². The van der Waals surface area contributed by atoms with Crippen molar-refractivity contribution in [1.29, 1.82) is 0 Å². The van der Waals surface area contributed by atoms with Crippen molar-refractivity contribution in [2.75, 3.05) is 13.1 Å². The van der Waals surface area contributed by atoms with Gasteiger partial charge in [-0.2, -0.15) is 0 Å². The highest BCUT2D eigenvalue weighted by Crippen LogP contribution is 2.31. The zero-order chi connectivity index (χ0) is 16.8. The molecule has 25 heavy (non-hydrogen) atoms. The van der Waals surface area contributed by atoms with Crippen LogP contribution in [0.2, 0.25) is 0 Å². The van der Waals surface area contributed by atoms with E-state index in [4.69, 9.17) is 4.42 Å². The third kappa shape index (κ3) is 2.52. The molecule has 0 saturated carbocycles. The summed E-state index contributed by atoms with van der Waals surface area (Å²) in [5, 5.41) is 0. The Kier molecular flexibility index (Phi) is 3.52. The number of aromatic nitrogens is 1. The summed E-state index contributed by atoms with van der Waals surface area (Å²) in [7, 11) is 0. The molecule has 0 unspecified atom stereocenters. The molecule has 0 radical (unpaired) electrons. The summed E-state index contributed by atoms with van der Waals surface area (Å²) >= 11 is 0. The van der Waals surface area contributed by atoms with Crippen LogP contribution in [0.4, 0.5) is 0 Å². The van der Waals surface area contributed by atoms with Gasteiger partial charge < -0.3 is 4.42 Å². The third-order valence-electron chi connectivity index (χ3n) is 5.93. The second kappa shape index (κ2) is 5.88. The Hall–Kier alpha value is -2.33. The van der Waals surface area contributed by atoms with E-state index in [1.165, 1.54) is 11.1 Å². The van der Waals surface area contributed by atoms with Crippen LogP contribution in [0.25, 0.3) is 11.1 Å². The molecule has 4 heteroatoms. The van der Waals surface area contributed by atoms with Crippen molar-refractivity contribution in [3.63, 3.8) is 0 Å². The largest absolute Gasteiger partial charge is 0.420 e. The number of hydrogen-bond donors (Lipinski definition) is 0. The van der Waals surface area contributed by atoms with Crippen molar-refractivity contribution in [2.24, 2.45) is 0 Å². The molecular weight excluding hydrogens is 312 g/mol. The van der Waals surface area contributed by atoms with Gasteiger partial charge in [-0.15, -0.1) is 0 Å². The maximum atomic E-state index is 12.3. The Morgan fingerprint density at radius 1 is 0.840 bits per heavy atom. The van der Waals surface area contributed by atoms with Crippen LogP contribution in [0.5, 0.6) is 0 Å². The van der Waals surface area contributed by atoms with Gasteiger partial charge in [0.05, 0.1) is 5.52 Å². The van der Waals surface area contributed by atoms with E-state index in [1.54, 1.807) is 0 Å². The van der Waals surface area contributed by atoms with Gasteiger partial charge in [-0.25, -0.2) is 4.79 Å². The SMILES string of the molecule is O=c1oc2ccccc2n1C1CCN(C2Cc3ccccc3C2)CC1. The fourth-order valence-corrected chi connectivity index (χ4v) is 4.63. The first-order valence-electron chi connectivity index (χ1n) is 9.20. The number of nitrogens with zero attached hydrogens (tertiary/aromatic N) is 2. The number of para-hydroxylation sites is 2. The van der Waals surface area contributed by atoms with Crippen molar-refractivity contribution >= 4 is 11.1 Å². The van der Waals surface area contributed by atoms with Crippen molar-refractivity contribution in [3.05, 3.63) is 70.2 Å². The number of oxazole rings is 1. The fourth-order valence-electron chi connectivity index (χ4n) is 4.63. The van der Waals surface area contributed by atoms with Crippen LogP contribution in [-0.2, 0) is 12.8 Å². The van der Waals surface area contributed by atoms with Crippen LogP contribution in [0.3, 0.4) is 0 Å². The van der Waals surface area contributed by atoms with E-state index in [0.717, 1.165) is 44.3 Å². The van der Waals surface area contributed by atoms with Crippen LogP contribution in [-0.4, -0.2) is 28.6 Å². The second-order valence-corrected chi connectivity index (χ2v) is 7.30. The molecule has 0 N–H and O–H groups in total. The molecule has 2 aliphatic rings. The molecule has 128 valence electrons. The number of benzene rings is 2. The molecule has 1 aromatic heterocycles. The highest BCUT2D eigenvalue weighted by molar-refractivity contribution is 5.72. The number of fused-ring (bicyclic) bond motifs is 2. The second-order valence-electron chi connectivity index (χ2n) is 7.30. The monoisotopic (exact) mass is 334 g/mol. The molecular formula is C21H22N2O2. The summed E-state index contributed by atoms with van der Waals surface area (Å²) in [6, 6.07) is 17.4. The lowest BCUT2D eigenvalue weighted by atomic mass is 10.0. The first-order valence-corrected chi connectivity index (χ1v) is 9.20. The van der Waals surface area contributed by atoms with Crippen molar-refractivity contribution < 1.29 is 4.42 Å². The van der Waals surface area contributed by atoms with E-state index in [9.17, 15) is 4.79 Å². The van der Waals surface area contributed by atoms with Gasteiger partial charge in [-0.3, -0.25) is 9.47 Å². The van der Waals surface area contributed by atoms with E-state index < -0.39 is 0 Å². The molecule has 0 spiro atoms. The Balaban J connectivity index is 1.32. The summed E-state index contributed by atoms with van der Waals surface area (Å²) in [6.45, 7) is 2.10. The number of rotatable bonds is 2. The Morgan fingerprint density at radius 2 is 1.48 bits per heavy atom. The van der Waals surface area contributed by atoms with Crippen LogP contribution in [0, 0.1) is 0 Å². The average molecular weight is 334 g/mol. The predicted octanol–water partition coefficient (Wildman–Crippen LogP) is 3.40. The lowest BCUT2D eigenvalue weighted by Crippen LogP contribution is -2.43. The summed E-state index contributed by atoms with van der Waals surface area (Å²) < 4.78 is 7.29. The van der Waals surface area contributed by atoms with Crippen molar-refractivity contribution in [1.82, 2.24) is 9.47 Å². The van der Waals surface area contributed by atoms with Gasteiger partial charge in [0.2, 0.25) is 0 Å². The quantitative estimate of drug-likeness (QED) is 0.721. The molecule has 1 fully saturated rings. The molecule has 0 atom stereocenters. The van der Waals surface area contributed by atoms with Gasteiger partial charge in [0, 0.05) is 25.2 Å². The molecule has 2 heterocycles. The number of hydrogen-bond acceptors (Lipinski definition) is 3. The minimum absolute atomic E-state index is 0.215. The highest BCUT2D eigenvalue weighted by atomic mass is 16.4. The highest BCUT2D eigenvalue weighted by Gasteiger charge is 2.31. The molecule has 1 aliphatic heterocycles. The number of piperidine rings is 1. The van der Waals surface area contributed by atoms with E-state index >= 15 is 0 Å².